The van der Waals surface area contributed by atoms with Gasteiger partial charge < -0.3 is 9.47 Å². The quantitative estimate of drug-likeness (QED) is 0.513. The van der Waals surface area contributed by atoms with E-state index in [0.29, 0.717) is 12.0 Å². The predicted molar refractivity (Wildman–Crippen MR) is 60.8 cm³/mol. The Morgan fingerprint density at radius 1 is 1.19 bits per heavy atom. The molecule has 0 aliphatic carbocycles. The van der Waals surface area contributed by atoms with E-state index in [1.807, 2.05) is 0 Å². The van der Waals surface area contributed by atoms with Gasteiger partial charge in [-0.05, 0) is 20.3 Å². The molecule has 0 bridgehead atoms. The van der Waals surface area contributed by atoms with E-state index < -0.39 is 18.0 Å². The zero-order valence-electron chi connectivity index (χ0n) is 10.0. The average Bonchev–Trinajstić information content (AvgIpc) is 2.26. The second-order valence-corrected chi connectivity index (χ2v) is 3.25. The molecule has 16 heavy (non-hydrogen) atoms. The summed E-state index contributed by atoms with van der Waals surface area (Å²) in [6.07, 6.45) is -0.188. The molecule has 1 atom stereocenters. The highest BCUT2D eigenvalue weighted by Gasteiger charge is 2.20. The lowest BCUT2D eigenvalue weighted by Crippen LogP contribution is -2.23. The van der Waals surface area contributed by atoms with Crippen LogP contribution in [0.5, 0.6) is 0 Å². The Hall–Kier alpha value is -1.58. The normalized spacial score (nSPS) is 11.4. The molecule has 0 radical (unpaired) electrons. The third-order valence-corrected chi connectivity index (χ3v) is 2.03. The van der Waals surface area contributed by atoms with Crippen molar-refractivity contribution in [2.24, 2.45) is 0 Å². The van der Waals surface area contributed by atoms with Crippen LogP contribution in [0.2, 0.25) is 0 Å². The lowest BCUT2D eigenvalue weighted by molar-refractivity contribution is -0.145. The van der Waals surface area contributed by atoms with Gasteiger partial charge >= 0.3 is 11.9 Å². The molecular formula is C12H18O4. The summed E-state index contributed by atoms with van der Waals surface area (Å²) in [5.41, 5.74) is 0.489. The molecule has 0 amide bonds. The van der Waals surface area contributed by atoms with Gasteiger partial charge in [0.2, 0.25) is 0 Å². The highest BCUT2D eigenvalue weighted by atomic mass is 16.6. The van der Waals surface area contributed by atoms with Crippen molar-refractivity contribution in [1.29, 1.82) is 0 Å². The average molecular weight is 226 g/mol. The first kappa shape index (κ1) is 14.4. The molecule has 0 aromatic rings. The van der Waals surface area contributed by atoms with Crippen LogP contribution in [-0.4, -0.2) is 24.6 Å². The van der Waals surface area contributed by atoms with Gasteiger partial charge in [-0.3, -0.25) is 0 Å². The third kappa shape index (κ3) is 4.29. The number of carbonyl (C=O) groups excluding carboxylic acids is 2. The Morgan fingerprint density at radius 3 is 2.19 bits per heavy atom. The molecule has 0 N–H and O–H groups in total. The number of hydrogen-bond donors (Lipinski definition) is 0. The maximum atomic E-state index is 11.4. The van der Waals surface area contributed by atoms with E-state index in [-0.39, 0.29) is 12.2 Å². The summed E-state index contributed by atoms with van der Waals surface area (Å²) in [6, 6.07) is 0. The minimum Gasteiger partial charge on any atom is -0.463 e. The van der Waals surface area contributed by atoms with Crippen LogP contribution in [0.15, 0.2) is 24.3 Å². The first-order chi connectivity index (χ1) is 7.43. The van der Waals surface area contributed by atoms with Gasteiger partial charge in [0.15, 0.2) is 0 Å². The van der Waals surface area contributed by atoms with Crippen molar-refractivity contribution in [3.8, 4) is 0 Å². The van der Waals surface area contributed by atoms with Crippen LogP contribution in [0.4, 0.5) is 0 Å². The molecule has 4 nitrogen and oxygen atoms in total. The Morgan fingerprint density at radius 2 is 1.75 bits per heavy atom. The van der Waals surface area contributed by atoms with Gasteiger partial charge in [-0.1, -0.05) is 20.1 Å². The molecule has 0 aliphatic heterocycles. The minimum atomic E-state index is -0.699. The summed E-state index contributed by atoms with van der Waals surface area (Å²) in [4.78, 5) is 22.6. The molecule has 0 aliphatic rings. The summed E-state index contributed by atoms with van der Waals surface area (Å²) in [7, 11) is 0. The van der Waals surface area contributed by atoms with E-state index >= 15 is 0 Å². The zero-order chi connectivity index (χ0) is 12.7. The summed E-state index contributed by atoms with van der Waals surface area (Å²) in [5.74, 6) is -1.06. The molecule has 0 saturated heterocycles. The number of esters is 2. The first-order valence-corrected chi connectivity index (χ1v) is 5.18. The van der Waals surface area contributed by atoms with Crippen LogP contribution < -0.4 is 0 Å². The van der Waals surface area contributed by atoms with E-state index in [1.165, 1.54) is 0 Å². The Labute approximate surface area is 95.9 Å². The van der Waals surface area contributed by atoms with Crippen LogP contribution in [0.25, 0.3) is 0 Å². The molecule has 90 valence electrons. The van der Waals surface area contributed by atoms with Gasteiger partial charge in [0.05, 0.1) is 12.2 Å². The molecule has 0 saturated carbocycles. The standard InChI is InChI=1S/C12H18O4/c1-6-8(3)11(13)16-10(5)9(4)12(14)15-7-2/h10H,3-4,6-7H2,1-2,5H3. The number of rotatable bonds is 6. The van der Waals surface area contributed by atoms with Gasteiger partial charge in [0.1, 0.15) is 6.10 Å². The van der Waals surface area contributed by atoms with Crippen molar-refractivity contribution < 1.29 is 19.1 Å². The smallest absolute Gasteiger partial charge is 0.337 e. The molecule has 0 aromatic heterocycles. The first-order valence-electron chi connectivity index (χ1n) is 5.18. The lowest BCUT2D eigenvalue weighted by atomic mass is 10.2. The van der Waals surface area contributed by atoms with Crippen molar-refractivity contribution in [3.05, 3.63) is 24.3 Å². The third-order valence-electron chi connectivity index (χ3n) is 2.03. The summed E-state index contributed by atoms with van der Waals surface area (Å²) < 4.78 is 9.73. The van der Waals surface area contributed by atoms with Crippen molar-refractivity contribution >= 4 is 11.9 Å². The lowest BCUT2D eigenvalue weighted by Gasteiger charge is -2.15. The SMILES string of the molecule is C=C(CC)C(=O)OC(C)C(=C)C(=O)OCC. The molecule has 1 unspecified atom stereocenters. The predicted octanol–water partition coefficient (Wildman–Crippen LogP) is 2.00. The maximum Gasteiger partial charge on any atom is 0.337 e. The highest BCUT2D eigenvalue weighted by molar-refractivity contribution is 5.91. The van der Waals surface area contributed by atoms with Crippen LogP contribution in [0.1, 0.15) is 27.2 Å². The van der Waals surface area contributed by atoms with E-state index in [1.54, 1.807) is 20.8 Å². The molecule has 0 heterocycles. The van der Waals surface area contributed by atoms with Crippen LogP contribution in [0, 0.1) is 0 Å². The summed E-state index contributed by atoms with van der Waals surface area (Å²) in [6.45, 7) is 12.4. The van der Waals surface area contributed by atoms with Gasteiger partial charge in [-0.25, -0.2) is 9.59 Å². The van der Waals surface area contributed by atoms with Gasteiger partial charge in [0.25, 0.3) is 0 Å². The molecular weight excluding hydrogens is 208 g/mol. The minimum absolute atomic E-state index is 0.124. The van der Waals surface area contributed by atoms with Crippen molar-refractivity contribution in [2.45, 2.75) is 33.3 Å². The Kier molecular flexibility index (Phi) is 6.15. The number of hydrogen-bond acceptors (Lipinski definition) is 4. The van der Waals surface area contributed by atoms with Crippen LogP contribution in [0.3, 0.4) is 0 Å². The van der Waals surface area contributed by atoms with Gasteiger partial charge in [0, 0.05) is 5.57 Å². The fraction of sp³-hybridized carbons (Fsp3) is 0.500. The molecule has 0 spiro atoms. The number of ether oxygens (including phenoxy) is 2. The molecule has 0 aromatic carbocycles. The monoisotopic (exact) mass is 226 g/mol. The Bertz CT molecular complexity index is 304. The fourth-order valence-electron chi connectivity index (χ4n) is 0.849. The van der Waals surface area contributed by atoms with Crippen molar-refractivity contribution in [1.82, 2.24) is 0 Å². The number of carbonyl (C=O) groups is 2. The van der Waals surface area contributed by atoms with E-state index in [4.69, 9.17) is 9.47 Å². The van der Waals surface area contributed by atoms with E-state index in [2.05, 4.69) is 13.2 Å². The Balaban J connectivity index is 4.30. The second-order valence-electron chi connectivity index (χ2n) is 3.25. The summed E-state index contributed by atoms with van der Waals surface area (Å²) in [5, 5.41) is 0. The van der Waals surface area contributed by atoms with Gasteiger partial charge in [-0.15, -0.1) is 0 Å². The van der Waals surface area contributed by atoms with E-state index in [9.17, 15) is 9.59 Å². The summed E-state index contributed by atoms with van der Waals surface area (Å²) >= 11 is 0. The van der Waals surface area contributed by atoms with Crippen LogP contribution in [-0.2, 0) is 19.1 Å². The maximum absolute atomic E-state index is 11.4. The molecule has 0 fully saturated rings. The molecule has 0 rings (SSSR count). The fourth-order valence-corrected chi connectivity index (χ4v) is 0.849. The van der Waals surface area contributed by atoms with Gasteiger partial charge in [-0.2, -0.15) is 0 Å². The van der Waals surface area contributed by atoms with E-state index in [0.717, 1.165) is 0 Å². The van der Waals surface area contributed by atoms with Crippen molar-refractivity contribution in [3.63, 3.8) is 0 Å². The van der Waals surface area contributed by atoms with Crippen LogP contribution >= 0.6 is 0 Å². The van der Waals surface area contributed by atoms with Crippen molar-refractivity contribution in [2.75, 3.05) is 6.61 Å². The topological polar surface area (TPSA) is 52.6 Å². The highest BCUT2D eigenvalue weighted by Crippen LogP contribution is 2.10. The molecule has 4 heteroatoms. The zero-order valence-corrected chi connectivity index (χ0v) is 10.0. The largest absolute Gasteiger partial charge is 0.463 e. The second kappa shape index (κ2) is 6.82.